The Hall–Kier alpha value is -1.71. The van der Waals surface area contributed by atoms with Crippen LogP contribution >= 0.6 is 15.9 Å². The molecule has 1 aromatic carbocycles. The smallest absolute Gasteiger partial charge is 0.277 e. The molecule has 0 saturated heterocycles. The third kappa shape index (κ3) is 2.90. The van der Waals surface area contributed by atoms with Gasteiger partial charge < -0.3 is 9.84 Å². The van der Waals surface area contributed by atoms with E-state index in [0.717, 1.165) is 0 Å². The Morgan fingerprint density at radius 3 is 2.72 bits per heavy atom. The molecule has 1 N–H and O–H groups in total. The van der Waals surface area contributed by atoms with E-state index in [-0.39, 0.29) is 21.8 Å². The number of nitrogens with one attached hydrogen (secondary N) is 1. The van der Waals surface area contributed by atoms with Crippen molar-refractivity contribution in [1.82, 2.24) is 9.78 Å². The molecular formula is C16H17BrN2O5S. The number of carbonyl (C=O) groups is 1. The number of aryl methyl sites for hydroxylation is 1. The Morgan fingerprint density at radius 2 is 2.12 bits per heavy atom. The summed E-state index contributed by atoms with van der Waals surface area (Å²) in [4.78, 5) is 25.2. The first-order chi connectivity index (χ1) is 11.8. The first-order valence-electron chi connectivity index (χ1n) is 7.72. The molecule has 3 rings (SSSR count). The minimum absolute atomic E-state index is 0.00272. The van der Waals surface area contributed by atoms with Crippen LogP contribution in [-0.2, 0) is 21.1 Å². The Balaban J connectivity index is 2.18. The van der Waals surface area contributed by atoms with Gasteiger partial charge >= 0.3 is 0 Å². The zero-order valence-corrected chi connectivity index (χ0v) is 16.1. The van der Waals surface area contributed by atoms with Crippen LogP contribution in [0.3, 0.4) is 0 Å². The SMILES string of the molecule is CCn1[nH]cc(C(=O)c2ccc3c(c2Br)C(OC)CCS3(=O)=O)c1=O. The van der Waals surface area contributed by atoms with Gasteiger partial charge in [0.05, 0.1) is 16.8 Å². The molecule has 25 heavy (non-hydrogen) atoms. The first kappa shape index (κ1) is 18.1. The Morgan fingerprint density at radius 1 is 1.40 bits per heavy atom. The molecule has 2 heterocycles. The fourth-order valence-corrected chi connectivity index (χ4v) is 5.53. The van der Waals surface area contributed by atoms with Crippen molar-refractivity contribution in [3.8, 4) is 0 Å². The normalized spacial score (nSPS) is 18.8. The topological polar surface area (TPSA) is 98.2 Å². The van der Waals surface area contributed by atoms with Crippen LogP contribution in [0.15, 0.2) is 32.5 Å². The maximum Gasteiger partial charge on any atom is 0.277 e. The highest BCUT2D eigenvalue weighted by Crippen LogP contribution is 2.40. The quantitative estimate of drug-likeness (QED) is 0.751. The van der Waals surface area contributed by atoms with Crippen LogP contribution < -0.4 is 5.56 Å². The number of ketones is 1. The summed E-state index contributed by atoms with van der Waals surface area (Å²) >= 11 is 3.36. The lowest BCUT2D eigenvalue weighted by molar-refractivity contribution is 0.0951. The van der Waals surface area contributed by atoms with Gasteiger partial charge in [0, 0.05) is 35.5 Å². The highest BCUT2D eigenvalue weighted by Gasteiger charge is 2.34. The van der Waals surface area contributed by atoms with Crippen LogP contribution in [-0.4, -0.2) is 36.8 Å². The third-order valence-electron chi connectivity index (χ3n) is 4.38. The number of halogens is 1. The Labute approximate surface area is 153 Å². The molecule has 7 nitrogen and oxygen atoms in total. The van der Waals surface area contributed by atoms with E-state index >= 15 is 0 Å². The molecule has 0 aliphatic carbocycles. The van der Waals surface area contributed by atoms with Crippen molar-refractivity contribution in [2.24, 2.45) is 0 Å². The zero-order valence-electron chi connectivity index (χ0n) is 13.7. The lowest BCUT2D eigenvalue weighted by atomic mass is 9.99. The average Bonchev–Trinajstić information content (AvgIpc) is 2.95. The summed E-state index contributed by atoms with van der Waals surface area (Å²) in [6, 6.07) is 2.85. The van der Waals surface area contributed by atoms with Gasteiger partial charge in [0.15, 0.2) is 9.84 Å². The second-order valence-corrected chi connectivity index (χ2v) is 8.61. The number of fused-ring (bicyclic) bond motifs is 1. The summed E-state index contributed by atoms with van der Waals surface area (Å²) in [5.74, 6) is -0.474. The Bertz CT molecular complexity index is 1010. The summed E-state index contributed by atoms with van der Waals surface area (Å²) in [6.45, 7) is 2.20. The van der Waals surface area contributed by atoms with E-state index in [4.69, 9.17) is 4.74 Å². The average molecular weight is 429 g/mol. The van der Waals surface area contributed by atoms with Crippen LogP contribution in [0, 0.1) is 0 Å². The molecular weight excluding hydrogens is 412 g/mol. The van der Waals surface area contributed by atoms with Crippen molar-refractivity contribution < 1.29 is 17.9 Å². The van der Waals surface area contributed by atoms with Gasteiger partial charge in [0.2, 0.25) is 5.78 Å². The van der Waals surface area contributed by atoms with Crippen molar-refractivity contribution in [3.05, 3.63) is 49.8 Å². The van der Waals surface area contributed by atoms with E-state index in [0.29, 0.717) is 23.0 Å². The molecule has 1 aliphatic rings. The number of nitrogens with zero attached hydrogens (tertiary/aromatic N) is 1. The van der Waals surface area contributed by atoms with Crippen molar-refractivity contribution >= 4 is 31.6 Å². The summed E-state index contributed by atoms with van der Waals surface area (Å²) in [6.07, 6.45) is 1.25. The van der Waals surface area contributed by atoms with Gasteiger partial charge in [-0.2, -0.15) is 0 Å². The molecule has 1 atom stereocenters. The van der Waals surface area contributed by atoms with Crippen molar-refractivity contribution in [2.45, 2.75) is 30.9 Å². The summed E-state index contributed by atoms with van der Waals surface area (Å²) in [5.41, 5.74) is 0.270. The first-order valence-corrected chi connectivity index (χ1v) is 10.2. The molecule has 9 heteroatoms. The van der Waals surface area contributed by atoms with Crippen LogP contribution in [0.1, 0.15) is 40.9 Å². The molecule has 2 aromatic rings. The summed E-state index contributed by atoms with van der Waals surface area (Å²) in [5, 5.41) is 2.74. The minimum Gasteiger partial charge on any atom is -0.377 e. The number of hydrogen-bond donors (Lipinski definition) is 1. The van der Waals surface area contributed by atoms with Crippen LogP contribution in [0.2, 0.25) is 0 Å². The number of H-pyrrole nitrogens is 1. The van der Waals surface area contributed by atoms with Gasteiger partial charge in [-0.05, 0) is 41.4 Å². The number of aromatic amines is 1. The molecule has 0 bridgehead atoms. The van der Waals surface area contributed by atoms with E-state index < -0.39 is 27.3 Å². The maximum atomic E-state index is 12.8. The standard InChI is InChI=1S/C16H17BrN2O5S/c1-3-19-16(21)10(8-18-19)15(20)9-4-5-12-13(14(9)17)11(24-2)6-7-25(12,22)23/h4-5,8,11,18H,3,6-7H2,1-2H3. The number of aromatic nitrogens is 2. The van der Waals surface area contributed by atoms with Gasteiger partial charge in [-0.3, -0.25) is 14.3 Å². The molecule has 0 radical (unpaired) electrons. The molecule has 1 unspecified atom stereocenters. The van der Waals surface area contributed by atoms with Gasteiger partial charge in [-0.1, -0.05) is 0 Å². The van der Waals surface area contributed by atoms with E-state index in [9.17, 15) is 18.0 Å². The van der Waals surface area contributed by atoms with Crippen molar-refractivity contribution in [1.29, 1.82) is 0 Å². The fraction of sp³-hybridized carbons (Fsp3) is 0.375. The lowest BCUT2D eigenvalue weighted by Gasteiger charge is -2.26. The molecule has 134 valence electrons. The van der Waals surface area contributed by atoms with E-state index in [1.807, 2.05) is 0 Å². The molecule has 1 aliphatic heterocycles. The molecule has 0 saturated carbocycles. The second kappa shape index (κ2) is 6.54. The predicted molar refractivity (Wildman–Crippen MR) is 94.7 cm³/mol. The number of sulfone groups is 1. The number of hydrogen-bond acceptors (Lipinski definition) is 5. The maximum absolute atomic E-state index is 12.8. The van der Waals surface area contributed by atoms with Gasteiger partial charge in [0.25, 0.3) is 5.56 Å². The highest BCUT2D eigenvalue weighted by molar-refractivity contribution is 9.10. The molecule has 0 spiro atoms. The number of carbonyl (C=O) groups excluding carboxylic acids is 1. The third-order valence-corrected chi connectivity index (χ3v) is 7.03. The van der Waals surface area contributed by atoms with E-state index in [1.54, 1.807) is 6.92 Å². The summed E-state index contributed by atoms with van der Waals surface area (Å²) < 4.78 is 31.7. The largest absolute Gasteiger partial charge is 0.377 e. The van der Waals surface area contributed by atoms with Gasteiger partial charge in [-0.15, -0.1) is 0 Å². The lowest BCUT2D eigenvalue weighted by Crippen LogP contribution is -2.24. The molecule has 1 aromatic heterocycles. The van der Waals surface area contributed by atoms with Crippen molar-refractivity contribution in [3.63, 3.8) is 0 Å². The molecule has 0 amide bonds. The van der Waals surface area contributed by atoms with E-state index in [2.05, 4.69) is 21.0 Å². The zero-order chi connectivity index (χ0) is 18.4. The van der Waals surface area contributed by atoms with Gasteiger partial charge in [0.1, 0.15) is 5.56 Å². The molecule has 0 fully saturated rings. The number of methoxy groups -OCH3 is 1. The van der Waals surface area contributed by atoms with Crippen LogP contribution in [0.25, 0.3) is 0 Å². The monoisotopic (exact) mass is 428 g/mol. The fourth-order valence-electron chi connectivity index (χ4n) is 3.02. The predicted octanol–water partition coefficient (Wildman–Crippen LogP) is 2.05. The van der Waals surface area contributed by atoms with Crippen LogP contribution in [0.5, 0.6) is 0 Å². The summed E-state index contributed by atoms with van der Waals surface area (Å²) in [7, 11) is -1.92. The number of benzene rings is 1. The number of rotatable bonds is 4. The second-order valence-electron chi connectivity index (χ2n) is 5.74. The van der Waals surface area contributed by atoms with E-state index in [1.165, 1.54) is 30.1 Å². The van der Waals surface area contributed by atoms with Crippen molar-refractivity contribution in [2.75, 3.05) is 12.9 Å². The highest BCUT2D eigenvalue weighted by atomic mass is 79.9. The Kier molecular flexibility index (Phi) is 4.74. The number of ether oxygens (including phenoxy) is 1. The van der Waals surface area contributed by atoms with Gasteiger partial charge in [-0.25, -0.2) is 8.42 Å². The minimum atomic E-state index is -3.42. The van der Waals surface area contributed by atoms with Crippen LogP contribution in [0.4, 0.5) is 0 Å².